The SMILES string of the molecule is CCC1CCC2CC(c3ccc4c(F)c(Cl)ccc4c3)CCC2C1. The zero-order chi connectivity index (χ0) is 16.7. The molecular weight excluding hydrogens is 319 g/mol. The van der Waals surface area contributed by atoms with Crippen LogP contribution in [0, 0.1) is 23.6 Å². The lowest BCUT2D eigenvalue weighted by atomic mass is 9.63. The predicted octanol–water partition coefficient (Wildman–Crippen LogP) is 7.34. The third-order valence-electron chi connectivity index (χ3n) is 6.70. The highest BCUT2D eigenvalue weighted by Crippen LogP contribution is 2.48. The standard InChI is InChI=1S/C22H26ClF/c1-2-14-3-4-16-12-17(6-5-15(16)11-14)18-7-9-20-19(13-18)8-10-21(23)22(20)24/h7-10,13-17H,2-6,11-12H2,1H3. The molecule has 128 valence electrons. The Labute approximate surface area is 149 Å². The number of benzene rings is 2. The van der Waals surface area contributed by atoms with E-state index in [2.05, 4.69) is 19.1 Å². The molecule has 2 aliphatic rings. The van der Waals surface area contributed by atoms with Crippen molar-refractivity contribution in [1.29, 1.82) is 0 Å². The van der Waals surface area contributed by atoms with Crippen molar-refractivity contribution in [3.63, 3.8) is 0 Å². The van der Waals surface area contributed by atoms with Crippen LogP contribution in [0.25, 0.3) is 10.8 Å². The molecule has 0 bridgehead atoms. The third-order valence-corrected chi connectivity index (χ3v) is 6.99. The van der Waals surface area contributed by atoms with Gasteiger partial charge in [-0.05, 0) is 72.8 Å². The minimum absolute atomic E-state index is 0.212. The Hall–Kier alpha value is -1.08. The molecule has 0 nitrogen and oxygen atoms in total. The Bertz CT molecular complexity index is 738. The van der Waals surface area contributed by atoms with Crippen LogP contribution in [0.5, 0.6) is 0 Å². The van der Waals surface area contributed by atoms with Crippen molar-refractivity contribution in [3.05, 3.63) is 46.7 Å². The van der Waals surface area contributed by atoms with E-state index >= 15 is 0 Å². The van der Waals surface area contributed by atoms with Crippen molar-refractivity contribution in [1.82, 2.24) is 0 Å². The zero-order valence-electron chi connectivity index (χ0n) is 14.4. The molecular formula is C22H26ClF. The zero-order valence-corrected chi connectivity index (χ0v) is 15.2. The van der Waals surface area contributed by atoms with Crippen LogP contribution in [0.2, 0.25) is 5.02 Å². The van der Waals surface area contributed by atoms with E-state index in [1.807, 2.05) is 12.1 Å². The van der Waals surface area contributed by atoms with Gasteiger partial charge in [0.05, 0.1) is 5.02 Å². The van der Waals surface area contributed by atoms with Crippen LogP contribution < -0.4 is 0 Å². The van der Waals surface area contributed by atoms with Gasteiger partial charge < -0.3 is 0 Å². The Morgan fingerprint density at radius 1 is 1.00 bits per heavy atom. The normalized spacial score (nSPS) is 30.3. The van der Waals surface area contributed by atoms with Crippen LogP contribution in [0.4, 0.5) is 4.39 Å². The first-order valence-corrected chi connectivity index (χ1v) is 9.91. The van der Waals surface area contributed by atoms with Crippen LogP contribution in [-0.4, -0.2) is 0 Å². The topological polar surface area (TPSA) is 0 Å². The average molecular weight is 345 g/mol. The van der Waals surface area contributed by atoms with E-state index < -0.39 is 0 Å². The molecule has 4 rings (SSSR count). The molecule has 2 aliphatic carbocycles. The Balaban J connectivity index is 1.55. The van der Waals surface area contributed by atoms with Crippen molar-refractivity contribution in [2.24, 2.45) is 17.8 Å². The molecule has 0 amide bonds. The van der Waals surface area contributed by atoms with E-state index in [0.717, 1.165) is 23.1 Å². The van der Waals surface area contributed by atoms with Crippen LogP contribution >= 0.6 is 11.6 Å². The minimum Gasteiger partial charge on any atom is -0.205 e. The molecule has 0 radical (unpaired) electrons. The first-order chi connectivity index (χ1) is 11.7. The van der Waals surface area contributed by atoms with Gasteiger partial charge in [-0.1, -0.05) is 55.6 Å². The molecule has 0 spiro atoms. The van der Waals surface area contributed by atoms with Crippen molar-refractivity contribution < 1.29 is 4.39 Å². The van der Waals surface area contributed by atoms with Gasteiger partial charge in [0, 0.05) is 5.39 Å². The van der Waals surface area contributed by atoms with Crippen molar-refractivity contribution in [2.75, 3.05) is 0 Å². The van der Waals surface area contributed by atoms with Gasteiger partial charge in [0.1, 0.15) is 5.82 Å². The van der Waals surface area contributed by atoms with E-state index in [-0.39, 0.29) is 10.8 Å². The lowest BCUT2D eigenvalue weighted by Gasteiger charge is -2.42. The van der Waals surface area contributed by atoms with E-state index in [1.54, 1.807) is 6.07 Å². The van der Waals surface area contributed by atoms with Crippen molar-refractivity contribution in [2.45, 2.75) is 57.8 Å². The summed E-state index contributed by atoms with van der Waals surface area (Å²) in [6.45, 7) is 2.34. The quantitative estimate of drug-likeness (QED) is 0.534. The molecule has 2 aromatic carbocycles. The molecule has 2 aromatic rings. The fourth-order valence-electron chi connectivity index (χ4n) is 5.20. The highest BCUT2D eigenvalue weighted by atomic mass is 35.5. The highest BCUT2D eigenvalue weighted by molar-refractivity contribution is 6.31. The molecule has 4 atom stereocenters. The smallest absolute Gasteiger partial charge is 0.149 e. The van der Waals surface area contributed by atoms with Gasteiger partial charge in [-0.3, -0.25) is 0 Å². The van der Waals surface area contributed by atoms with Crippen LogP contribution in [0.3, 0.4) is 0 Å². The second kappa shape index (κ2) is 6.67. The average Bonchev–Trinajstić information content (AvgIpc) is 2.63. The molecule has 0 saturated heterocycles. The van der Waals surface area contributed by atoms with Crippen molar-refractivity contribution >= 4 is 22.4 Å². The van der Waals surface area contributed by atoms with E-state index in [9.17, 15) is 4.39 Å². The van der Waals surface area contributed by atoms with Gasteiger partial charge in [0.15, 0.2) is 0 Å². The fraction of sp³-hybridized carbons (Fsp3) is 0.545. The summed E-state index contributed by atoms with van der Waals surface area (Å²) in [7, 11) is 0. The number of rotatable bonds is 2. The van der Waals surface area contributed by atoms with Gasteiger partial charge >= 0.3 is 0 Å². The molecule has 0 aliphatic heterocycles. The number of halogens is 2. The predicted molar refractivity (Wildman–Crippen MR) is 100 cm³/mol. The number of hydrogen-bond acceptors (Lipinski definition) is 0. The van der Waals surface area contributed by atoms with Gasteiger partial charge in [-0.15, -0.1) is 0 Å². The molecule has 0 aromatic heterocycles. The van der Waals surface area contributed by atoms with Crippen LogP contribution in [-0.2, 0) is 0 Å². The fourth-order valence-corrected chi connectivity index (χ4v) is 5.36. The first-order valence-electron chi connectivity index (χ1n) is 9.53. The lowest BCUT2D eigenvalue weighted by molar-refractivity contribution is 0.116. The maximum atomic E-state index is 14.1. The summed E-state index contributed by atoms with van der Waals surface area (Å²) in [5.41, 5.74) is 1.39. The summed E-state index contributed by atoms with van der Waals surface area (Å²) in [4.78, 5) is 0. The Morgan fingerprint density at radius 3 is 2.62 bits per heavy atom. The van der Waals surface area contributed by atoms with Crippen LogP contribution in [0.1, 0.15) is 63.4 Å². The molecule has 2 fully saturated rings. The second-order valence-electron chi connectivity index (χ2n) is 7.96. The molecule has 24 heavy (non-hydrogen) atoms. The van der Waals surface area contributed by atoms with Crippen LogP contribution in [0.15, 0.2) is 30.3 Å². The first kappa shape index (κ1) is 16.4. The summed E-state index contributed by atoms with van der Waals surface area (Å²) in [5, 5.41) is 1.83. The molecule has 2 saturated carbocycles. The van der Waals surface area contributed by atoms with E-state index in [4.69, 9.17) is 11.6 Å². The monoisotopic (exact) mass is 344 g/mol. The van der Waals surface area contributed by atoms with E-state index in [0.29, 0.717) is 11.3 Å². The molecule has 0 heterocycles. The lowest BCUT2D eigenvalue weighted by Crippen LogP contribution is -2.30. The summed E-state index contributed by atoms with van der Waals surface area (Å²) in [6, 6.07) is 9.86. The summed E-state index contributed by atoms with van der Waals surface area (Å²) >= 11 is 5.90. The summed E-state index contributed by atoms with van der Waals surface area (Å²) in [5.74, 6) is 3.19. The number of fused-ring (bicyclic) bond motifs is 2. The van der Waals surface area contributed by atoms with Gasteiger partial charge in [0.2, 0.25) is 0 Å². The third kappa shape index (κ3) is 2.96. The van der Waals surface area contributed by atoms with Gasteiger partial charge in [-0.25, -0.2) is 4.39 Å². The molecule has 2 heteroatoms. The molecule has 0 N–H and O–H groups in total. The minimum atomic E-state index is -0.290. The van der Waals surface area contributed by atoms with Gasteiger partial charge in [-0.2, -0.15) is 0 Å². The summed E-state index contributed by atoms with van der Waals surface area (Å²) in [6.07, 6.45) is 9.63. The maximum absolute atomic E-state index is 14.1. The molecule has 4 unspecified atom stereocenters. The largest absolute Gasteiger partial charge is 0.205 e. The second-order valence-corrected chi connectivity index (χ2v) is 8.37. The Morgan fingerprint density at radius 2 is 1.79 bits per heavy atom. The highest BCUT2D eigenvalue weighted by Gasteiger charge is 2.35. The van der Waals surface area contributed by atoms with Gasteiger partial charge in [0.25, 0.3) is 0 Å². The Kier molecular flexibility index (Phi) is 4.56. The summed E-state index contributed by atoms with van der Waals surface area (Å²) < 4.78 is 14.1. The van der Waals surface area contributed by atoms with Crippen molar-refractivity contribution in [3.8, 4) is 0 Å². The number of hydrogen-bond donors (Lipinski definition) is 0. The van der Waals surface area contributed by atoms with E-state index in [1.165, 1.54) is 50.5 Å². The maximum Gasteiger partial charge on any atom is 0.149 e.